The highest BCUT2D eigenvalue weighted by molar-refractivity contribution is 5.98. The maximum absolute atomic E-state index is 13.0. The third-order valence-corrected chi connectivity index (χ3v) is 5.13. The molecule has 130 valence electrons. The molecule has 1 aliphatic carbocycles. The fourth-order valence-corrected chi connectivity index (χ4v) is 3.30. The number of hydrogen-bond donors (Lipinski definition) is 0. The SMILES string of the molecule is COc1cc(C(=O)N2CCCN2C(=O)C2(C)CC2)nc2ccccc12. The summed E-state index contributed by atoms with van der Waals surface area (Å²) in [5.74, 6) is 0.408. The van der Waals surface area contributed by atoms with Crippen LogP contribution in [-0.4, -0.2) is 47.0 Å². The van der Waals surface area contributed by atoms with E-state index in [0.29, 0.717) is 30.0 Å². The summed E-state index contributed by atoms with van der Waals surface area (Å²) in [6, 6.07) is 9.21. The van der Waals surface area contributed by atoms with Crippen molar-refractivity contribution in [2.45, 2.75) is 26.2 Å². The molecule has 0 N–H and O–H groups in total. The first-order valence-electron chi connectivity index (χ1n) is 8.61. The first-order chi connectivity index (χ1) is 12.0. The summed E-state index contributed by atoms with van der Waals surface area (Å²) in [7, 11) is 1.58. The number of hydrazine groups is 1. The topological polar surface area (TPSA) is 62.7 Å². The summed E-state index contributed by atoms with van der Waals surface area (Å²) in [6.45, 7) is 3.09. The van der Waals surface area contributed by atoms with Gasteiger partial charge in [-0.05, 0) is 31.4 Å². The lowest BCUT2D eigenvalue weighted by Gasteiger charge is -2.30. The van der Waals surface area contributed by atoms with Gasteiger partial charge in [-0.15, -0.1) is 0 Å². The lowest BCUT2D eigenvalue weighted by atomic mass is 10.1. The van der Waals surface area contributed by atoms with E-state index in [1.165, 1.54) is 0 Å². The largest absolute Gasteiger partial charge is 0.496 e. The number of para-hydroxylation sites is 1. The van der Waals surface area contributed by atoms with Crippen molar-refractivity contribution in [1.82, 2.24) is 15.0 Å². The van der Waals surface area contributed by atoms with Crippen molar-refractivity contribution in [2.24, 2.45) is 5.41 Å². The Labute approximate surface area is 146 Å². The van der Waals surface area contributed by atoms with Crippen LogP contribution in [0, 0.1) is 5.41 Å². The van der Waals surface area contributed by atoms with Crippen LogP contribution in [-0.2, 0) is 4.79 Å². The van der Waals surface area contributed by atoms with Gasteiger partial charge >= 0.3 is 0 Å². The Morgan fingerprint density at radius 3 is 2.60 bits per heavy atom. The van der Waals surface area contributed by atoms with Crippen LogP contribution in [0.4, 0.5) is 0 Å². The molecule has 4 rings (SSSR count). The minimum Gasteiger partial charge on any atom is -0.496 e. The van der Waals surface area contributed by atoms with Crippen LogP contribution < -0.4 is 4.74 Å². The molecule has 0 atom stereocenters. The van der Waals surface area contributed by atoms with Gasteiger partial charge in [0.2, 0.25) is 5.91 Å². The van der Waals surface area contributed by atoms with E-state index in [0.717, 1.165) is 24.6 Å². The Morgan fingerprint density at radius 1 is 1.16 bits per heavy atom. The number of nitrogens with zero attached hydrogens (tertiary/aromatic N) is 3. The van der Waals surface area contributed by atoms with E-state index in [1.807, 2.05) is 31.2 Å². The summed E-state index contributed by atoms with van der Waals surface area (Å²) in [5.41, 5.74) is 0.713. The highest BCUT2D eigenvalue weighted by atomic mass is 16.5. The summed E-state index contributed by atoms with van der Waals surface area (Å²) in [5, 5.41) is 4.02. The third-order valence-electron chi connectivity index (χ3n) is 5.13. The van der Waals surface area contributed by atoms with Gasteiger partial charge in [0.1, 0.15) is 11.4 Å². The maximum atomic E-state index is 13.0. The van der Waals surface area contributed by atoms with Crippen LogP contribution in [0.1, 0.15) is 36.7 Å². The number of carbonyl (C=O) groups is 2. The highest BCUT2D eigenvalue weighted by Gasteiger charge is 2.49. The van der Waals surface area contributed by atoms with Gasteiger partial charge in [-0.25, -0.2) is 9.99 Å². The number of hydrogen-bond acceptors (Lipinski definition) is 4. The van der Waals surface area contributed by atoms with Gasteiger partial charge in [-0.1, -0.05) is 19.1 Å². The van der Waals surface area contributed by atoms with Crippen molar-refractivity contribution in [3.8, 4) is 5.75 Å². The number of methoxy groups -OCH3 is 1. The Hall–Kier alpha value is -2.63. The predicted octanol–water partition coefficient (Wildman–Crippen LogP) is 2.63. The van der Waals surface area contributed by atoms with E-state index in [1.54, 1.807) is 23.2 Å². The average molecular weight is 339 g/mol. The molecule has 6 nitrogen and oxygen atoms in total. The number of amides is 2. The molecule has 1 aromatic carbocycles. The lowest BCUT2D eigenvalue weighted by molar-refractivity contribution is -0.146. The molecule has 2 fully saturated rings. The fraction of sp³-hybridized carbons (Fsp3) is 0.421. The van der Waals surface area contributed by atoms with Gasteiger partial charge in [0.15, 0.2) is 0 Å². The molecule has 1 aliphatic heterocycles. The summed E-state index contributed by atoms with van der Waals surface area (Å²) >= 11 is 0. The number of benzene rings is 1. The molecule has 1 aromatic heterocycles. The smallest absolute Gasteiger partial charge is 0.291 e. The molecular weight excluding hydrogens is 318 g/mol. The molecule has 0 spiro atoms. The Morgan fingerprint density at radius 2 is 1.88 bits per heavy atom. The summed E-state index contributed by atoms with van der Waals surface area (Å²) in [4.78, 5) is 30.2. The molecule has 0 radical (unpaired) electrons. The second-order valence-electron chi connectivity index (χ2n) is 7.00. The van der Waals surface area contributed by atoms with Crippen molar-refractivity contribution in [3.05, 3.63) is 36.0 Å². The minimum atomic E-state index is -0.294. The number of fused-ring (bicyclic) bond motifs is 1. The molecule has 1 saturated carbocycles. The first-order valence-corrected chi connectivity index (χ1v) is 8.61. The molecular formula is C19H21N3O3. The van der Waals surface area contributed by atoms with Gasteiger partial charge in [0, 0.05) is 30.0 Å². The Bertz CT molecular complexity index is 860. The zero-order valence-corrected chi connectivity index (χ0v) is 14.5. The number of ether oxygens (including phenoxy) is 1. The maximum Gasteiger partial charge on any atom is 0.291 e. The third kappa shape index (κ3) is 2.62. The van der Waals surface area contributed by atoms with E-state index in [-0.39, 0.29) is 17.2 Å². The van der Waals surface area contributed by atoms with Crippen molar-refractivity contribution in [3.63, 3.8) is 0 Å². The van der Waals surface area contributed by atoms with E-state index >= 15 is 0 Å². The summed E-state index contributed by atoms with van der Waals surface area (Å²) in [6.07, 6.45) is 2.58. The molecule has 0 unspecified atom stereocenters. The van der Waals surface area contributed by atoms with Crippen molar-refractivity contribution >= 4 is 22.7 Å². The molecule has 25 heavy (non-hydrogen) atoms. The standard InChI is InChI=1S/C19H21N3O3/c1-19(8-9-19)18(24)22-11-5-10-21(22)17(23)15-12-16(25-2)13-6-3-4-7-14(13)20-15/h3-4,6-7,12H,5,8-11H2,1-2H3. The van der Waals surface area contributed by atoms with Gasteiger partial charge in [0.25, 0.3) is 5.91 Å². The normalized spacial score (nSPS) is 18.5. The van der Waals surface area contributed by atoms with Crippen molar-refractivity contribution < 1.29 is 14.3 Å². The van der Waals surface area contributed by atoms with Gasteiger partial charge in [-0.3, -0.25) is 14.6 Å². The van der Waals surface area contributed by atoms with Crippen LogP contribution >= 0.6 is 0 Å². The second-order valence-corrected chi connectivity index (χ2v) is 7.00. The number of aromatic nitrogens is 1. The Kier molecular flexibility index (Phi) is 3.63. The van der Waals surface area contributed by atoms with Crippen LogP contribution in [0.25, 0.3) is 10.9 Å². The fourth-order valence-electron chi connectivity index (χ4n) is 3.30. The Balaban J connectivity index is 1.68. The molecule has 2 aliphatic rings. The lowest BCUT2D eigenvalue weighted by Crippen LogP contribution is -2.47. The van der Waals surface area contributed by atoms with Crippen molar-refractivity contribution in [2.75, 3.05) is 20.2 Å². The first kappa shape index (κ1) is 15.9. The van der Waals surface area contributed by atoms with E-state index in [4.69, 9.17) is 4.74 Å². The average Bonchev–Trinajstić information content (AvgIpc) is 3.21. The second kappa shape index (κ2) is 5.72. The van der Waals surface area contributed by atoms with Crippen LogP contribution in [0.3, 0.4) is 0 Å². The van der Waals surface area contributed by atoms with E-state index < -0.39 is 0 Å². The van der Waals surface area contributed by atoms with E-state index in [9.17, 15) is 9.59 Å². The number of carbonyl (C=O) groups excluding carboxylic acids is 2. The van der Waals surface area contributed by atoms with Crippen LogP contribution in [0.2, 0.25) is 0 Å². The monoisotopic (exact) mass is 339 g/mol. The number of pyridine rings is 1. The van der Waals surface area contributed by atoms with Crippen LogP contribution in [0.15, 0.2) is 30.3 Å². The summed E-state index contributed by atoms with van der Waals surface area (Å²) < 4.78 is 5.43. The molecule has 2 heterocycles. The molecule has 1 saturated heterocycles. The van der Waals surface area contributed by atoms with Crippen molar-refractivity contribution in [1.29, 1.82) is 0 Å². The predicted molar refractivity (Wildman–Crippen MR) is 93.0 cm³/mol. The highest BCUT2D eigenvalue weighted by Crippen LogP contribution is 2.47. The molecule has 6 heteroatoms. The molecule has 2 amide bonds. The minimum absolute atomic E-state index is 0.0473. The zero-order chi connectivity index (χ0) is 17.6. The zero-order valence-electron chi connectivity index (χ0n) is 14.5. The van der Waals surface area contributed by atoms with Gasteiger partial charge in [0.05, 0.1) is 12.6 Å². The van der Waals surface area contributed by atoms with Gasteiger partial charge in [-0.2, -0.15) is 0 Å². The van der Waals surface area contributed by atoms with Gasteiger partial charge < -0.3 is 4.74 Å². The van der Waals surface area contributed by atoms with Crippen LogP contribution in [0.5, 0.6) is 5.75 Å². The molecule has 0 bridgehead atoms. The quantitative estimate of drug-likeness (QED) is 0.862. The molecule has 2 aromatic rings. The number of rotatable bonds is 3. The van der Waals surface area contributed by atoms with E-state index in [2.05, 4.69) is 4.98 Å².